The molecule has 1 unspecified atom stereocenters. The van der Waals surface area contributed by atoms with Crippen molar-refractivity contribution in [3.63, 3.8) is 0 Å². The second-order valence-electron chi connectivity index (χ2n) is 5.64. The standard InChI is InChI=1S/C20H18ClNO2/c1-13-17(21)10-6-11-18(13)22-20(23)14(2)24-19-12-5-8-15-7-3-4-9-16(15)19/h3-12,14H,1-2H3,(H,22,23). The number of fused-ring (bicyclic) bond motifs is 1. The maximum atomic E-state index is 12.4. The van der Waals surface area contributed by atoms with Crippen LogP contribution >= 0.6 is 11.6 Å². The maximum Gasteiger partial charge on any atom is 0.265 e. The number of carbonyl (C=O) groups excluding carboxylic acids is 1. The number of hydrogen-bond acceptors (Lipinski definition) is 2. The number of hydrogen-bond donors (Lipinski definition) is 1. The molecule has 0 aliphatic carbocycles. The van der Waals surface area contributed by atoms with Crippen molar-refractivity contribution in [1.82, 2.24) is 0 Å². The average molecular weight is 340 g/mol. The molecule has 122 valence electrons. The van der Waals surface area contributed by atoms with E-state index in [9.17, 15) is 4.79 Å². The van der Waals surface area contributed by atoms with Crippen LogP contribution in [0.1, 0.15) is 12.5 Å². The predicted molar refractivity (Wildman–Crippen MR) is 98.9 cm³/mol. The number of rotatable bonds is 4. The van der Waals surface area contributed by atoms with E-state index in [4.69, 9.17) is 16.3 Å². The van der Waals surface area contributed by atoms with Crippen molar-refractivity contribution in [3.8, 4) is 5.75 Å². The van der Waals surface area contributed by atoms with Crippen LogP contribution in [0.15, 0.2) is 60.7 Å². The molecule has 1 amide bonds. The van der Waals surface area contributed by atoms with Gasteiger partial charge in [0.15, 0.2) is 6.10 Å². The lowest BCUT2D eigenvalue weighted by Gasteiger charge is -2.17. The summed E-state index contributed by atoms with van der Waals surface area (Å²) in [5.74, 6) is 0.479. The second kappa shape index (κ2) is 6.93. The van der Waals surface area contributed by atoms with Crippen LogP contribution in [0, 0.1) is 6.92 Å². The molecule has 0 aromatic heterocycles. The lowest BCUT2D eigenvalue weighted by Crippen LogP contribution is -2.30. The average Bonchev–Trinajstić information content (AvgIpc) is 2.59. The van der Waals surface area contributed by atoms with Crippen LogP contribution in [-0.4, -0.2) is 12.0 Å². The van der Waals surface area contributed by atoms with Gasteiger partial charge in [0.2, 0.25) is 0 Å². The minimum absolute atomic E-state index is 0.215. The molecule has 3 aromatic carbocycles. The predicted octanol–water partition coefficient (Wildman–Crippen LogP) is 5.21. The molecule has 4 heteroatoms. The fraction of sp³-hybridized carbons (Fsp3) is 0.150. The van der Waals surface area contributed by atoms with E-state index >= 15 is 0 Å². The summed E-state index contributed by atoms with van der Waals surface area (Å²) in [4.78, 5) is 12.4. The van der Waals surface area contributed by atoms with E-state index in [0.29, 0.717) is 16.5 Å². The van der Waals surface area contributed by atoms with E-state index in [-0.39, 0.29) is 5.91 Å². The smallest absolute Gasteiger partial charge is 0.265 e. The molecule has 1 N–H and O–H groups in total. The zero-order chi connectivity index (χ0) is 17.1. The molecule has 0 heterocycles. The summed E-state index contributed by atoms with van der Waals surface area (Å²) in [6.07, 6.45) is -0.630. The lowest BCUT2D eigenvalue weighted by atomic mass is 10.1. The van der Waals surface area contributed by atoms with Gasteiger partial charge in [0, 0.05) is 16.1 Å². The summed E-state index contributed by atoms with van der Waals surface area (Å²) < 4.78 is 5.89. The minimum Gasteiger partial charge on any atom is -0.480 e. The van der Waals surface area contributed by atoms with Gasteiger partial charge in [-0.25, -0.2) is 0 Å². The zero-order valence-electron chi connectivity index (χ0n) is 13.5. The molecule has 0 bridgehead atoms. The number of benzene rings is 3. The minimum atomic E-state index is -0.630. The third kappa shape index (κ3) is 3.36. The van der Waals surface area contributed by atoms with Crippen molar-refractivity contribution in [2.45, 2.75) is 20.0 Å². The molecule has 0 spiro atoms. The van der Waals surface area contributed by atoms with Crippen molar-refractivity contribution < 1.29 is 9.53 Å². The van der Waals surface area contributed by atoms with Crippen LogP contribution < -0.4 is 10.1 Å². The number of amides is 1. The summed E-state index contributed by atoms with van der Waals surface area (Å²) >= 11 is 6.09. The summed E-state index contributed by atoms with van der Waals surface area (Å²) in [5.41, 5.74) is 1.53. The highest BCUT2D eigenvalue weighted by Crippen LogP contribution is 2.27. The van der Waals surface area contributed by atoms with Gasteiger partial charge >= 0.3 is 0 Å². The molecule has 3 nitrogen and oxygen atoms in total. The first-order valence-corrected chi connectivity index (χ1v) is 8.14. The Hall–Kier alpha value is -2.52. The van der Waals surface area contributed by atoms with Gasteiger partial charge in [-0.15, -0.1) is 0 Å². The molecular weight excluding hydrogens is 322 g/mol. The maximum absolute atomic E-state index is 12.4. The van der Waals surface area contributed by atoms with Crippen molar-refractivity contribution in [1.29, 1.82) is 0 Å². The Kier molecular flexibility index (Phi) is 4.72. The van der Waals surface area contributed by atoms with Gasteiger partial charge in [0.1, 0.15) is 5.75 Å². The quantitative estimate of drug-likeness (QED) is 0.708. The van der Waals surface area contributed by atoms with Crippen LogP contribution in [-0.2, 0) is 4.79 Å². The van der Waals surface area contributed by atoms with Gasteiger partial charge in [0.25, 0.3) is 5.91 Å². The van der Waals surface area contributed by atoms with Gasteiger partial charge < -0.3 is 10.1 Å². The Morgan fingerprint density at radius 3 is 2.58 bits per heavy atom. The van der Waals surface area contributed by atoms with E-state index in [1.165, 1.54) is 0 Å². The third-order valence-corrected chi connectivity index (χ3v) is 4.36. The Morgan fingerprint density at radius 1 is 1.04 bits per heavy atom. The van der Waals surface area contributed by atoms with Gasteiger partial charge in [-0.1, -0.05) is 54.1 Å². The van der Waals surface area contributed by atoms with Gasteiger partial charge in [-0.05, 0) is 43.0 Å². The van der Waals surface area contributed by atoms with Crippen LogP contribution in [0.4, 0.5) is 5.69 Å². The molecule has 0 aliphatic rings. The summed E-state index contributed by atoms with van der Waals surface area (Å²) in [7, 11) is 0. The summed E-state index contributed by atoms with van der Waals surface area (Å²) in [5, 5.41) is 5.55. The number of halogens is 1. The monoisotopic (exact) mass is 339 g/mol. The van der Waals surface area contributed by atoms with E-state index in [0.717, 1.165) is 16.3 Å². The van der Waals surface area contributed by atoms with Crippen LogP contribution in [0.2, 0.25) is 5.02 Å². The normalized spacial score (nSPS) is 12.0. The SMILES string of the molecule is Cc1c(Cl)cccc1NC(=O)C(C)Oc1cccc2ccccc12. The summed E-state index contributed by atoms with van der Waals surface area (Å²) in [6.45, 7) is 3.60. The van der Waals surface area contributed by atoms with Crippen LogP contribution in [0.25, 0.3) is 10.8 Å². The Morgan fingerprint density at radius 2 is 1.75 bits per heavy atom. The highest BCUT2D eigenvalue weighted by molar-refractivity contribution is 6.31. The molecule has 24 heavy (non-hydrogen) atoms. The fourth-order valence-electron chi connectivity index (χ4n) is 2.52. The van der Waals surface area contributed by atoms with Crippen molar-refractivity contribution in [2.24, 2.45) is 0 Å². The molecule has 3 rings (SSSR count). The number of nitrogens with one attached hydrogen (secondary N) is 1. The molecule has 1 atom stereocenters. The largest absolute Gasteiger partial charge is 0.480 e. The van der Waals surface area contributed by atoms with Gasteiger partial charge in [0.05, 0.1) is 0 Å². The number of anilines is 1. The lowest BCUT2D eigenvalue weighted by molar-refractivity contribution is -0.122. The number of ether oxygens (including phenoxy) is 1. The molecular formula is C20H18ClNO2. The Balaban J connectivity index is 1.77. The first kappa shape index (κ1) is 16.3. The number of carbonyl (C=O) groups is 1. The van der Waals surface area contributed by atoms with E-state index in [1.807, 2.05) is 55.5 Å². The molecule has 0 aliphatic heterocycles. The van der Waals surface area contributed by atoms with Crippen LogP contribution in [0.3, 0.4) is 0 Å². The van der Waals surface area contributed by atoms with E-state index < -0.39 is 6.10 Å². The highest BCUT2D eigenvalue weighted by Gasteiger charge is 2.17. The van der Waals surface area contributed by atoms with Gasteiger partial charge in [-0.2, -0.15) is 0 Å². The van der Waals surface area contributed by atoms with Crippen LogP contribution in [0.5, 0.6) is 5.75 Å². The Labute approximate surface area is 146 Å². The van der Waals surface area contributed by atoms with Crippen molar-refractivity contribution in [3.05, 3.63) is 71.2 Å². The molecule has 0 radical (unpaired) electrons. The fourth-order valence-corrected chi connectivity index (χ4v) is 2.69. The van der Waals surface area contributed by atoms with E-state index in [1.54, 1.807) is 19.1 Å². The van der Waals surface area contributed by atoms with E-state index in [2.05, 4.69) is 5.32 Å². The van der Waals surface area contributed by atoms with Crippen molar-refractivity contribution in [2.75, 3.05) is 5.32 Å². The molecule has 3 aromatic rings. The van der Waals surface area contributed by atoms with Gasteiger partial charge in [-0.3, -0.25) is 4.79 Å². The Bertz CT molecular complexity index is 886. The molecule has 0 saturated carbocycles. The second-order valence-corrected chi connectivity index (χ2v) is 6.05. The molecule has 0 saturated heterocycles. The zero-order valence-corrected chi connectivity index (χ0v) is 14.3. The highest BCUT2D eigenvalue weighted by atomic mass is 35.5. The van der Waals surface area contributed by atoms with Crippen molar-refractivity contribution >= 4 is 34.0 Å². The first-order valence-electron chi connectivity index (χ1n) is 7.76. The topological polar surface area (TPSA) is 38.3 Å². The third-order valence-electron chi connectivity index (χ3n) is 3.95. The first-order chi connectivity index (χ1) is 11.6. The summed E-state index contributed by atoms with van der Waals surface area (Å²) in [6, 6.07) is 19.2. The molecule has 0 fully saturated rings.